The Morgan fingerprint density at radius 3 is 2.76 bits per heavy atom. The van der Waals surface area contributed by atoms with Crippen LogP contribution >= 0.6 is 0 Å². The summed E-state index contributed by atoms with van der Waals surface area (Å²) in [4.78, 5) is 15.3. The highest BCUT2D eigenvalue weighted by Gasteiger charge is 2.21. The van der Waals surface area contributed by atoms with Crippen LogP contribution in [0, 0.1) is 17.2 Å². The summed E-state index contributed by atoms with van der Waals surface area (Å²) >= 11 is 0. The SMILES string of the molecule is CN(C)CCCn1cnc2c(N(N)CC3CCCC3)nc(C#N)nc21. The summed E-state index contributed by atoms with van der Waals surface area (Å²) in [5.74, 6) is 7.57. The third-order valence-corrected chi connectivity index (χ3v) is 4.75. The number of fused-ring (bicyclic) bond motifs is 1. The second-order valence-corrected chi connectivity index (χ2v) is 7.05. The number of hydrogen-bond donors (Lipinski definition) is 1. The van der Waals surface area contributed by atoms with Gasteiger partial charge in [0, 0.05) is 13.1 Å². The predicted molar refractivity (Wildman–Crippen MR) is 96.7 cm³/mol. The zero-order chi connectivity index (χ0) is 17.8. The fourth-order valence-electron chi connectivity index (χ4n) is 3.46. The summed E-state index contributed by atoms with van der Waals surface area (Å²) in [7, 11) is 4.10. The zero-order valence-electron chi connectivity index (χ0n) is 15.0. The van der Waals surface area contributed by atoms with Crippen LogP contribution in [0.1, 0.15) is 37.9 Å². The zero-order valence-corrected chi connectivity index (χ0v) is 15.0. The number of hydrazine groups is 1. The summed E-state index contributed by atoms with van der Waals surface area (Å²) < 4.78 is 1.98. The highest BCUT2D eigenvalue weighted by atomic mass is 15.4. The average molecular weight is 342 g/mol. The lowest BCUT2D eigenvalue weighted by Crippen LogP contribution is -2.36. The molecule has 1 aliphatic carbocycles. The highest BCUT2D eigenvalue weighted by molar-refractivity contribution is 5.83. The van der Waals surface area contributed by atoms with E-state index in [0.29, 0.717) is 22.9 Å². The molecule has 134 valence electrons. The van der Waals surface area contributed by atoms with Gasteiger partial charge in [-0.1, -0.05) is 12.8 Å². The molecule has 2 N–H and O–H groups in total. The molecule has 25 heavy (non-hydrogen) atoms. The molecule has 8 nitrogen and oxygen atoms in total. The van der Waals surface area contributed by atoms with Crippen molar-refractivity contribution in [3.63, 3.8) is 0 Å². The van der Waals surface area contributed by atoms with Gasteiger partial charge in [0.2, 0.25) is 5.82 Å². The van der Waals surface area contributed by atoms with E-state index >= 15 is 0 Å². The smallest absolute Gasteiger partial charge is 0.236 e. The molecule has 0 aromatic carbocycles. The third kappa shape index (κ3) is 4.06. The molecule has 3 rings (SSSR count). The van der Waals surface area contributed by atoms with Crippen molar-refractivity contribution in [3.05, 3.63) is 12.2 Å². The van der Waals surface area contributed by atoms with Crippen LogP contribution in [0.15, 0.2) is 6.33 Å². The summed E-state index contributed by atoms with van der Waals surface area (Å²) in [5.41, 5.74) is 1.35. The topological polar surface area (TPSA) is 99.9 Å². The second-order valence-electron chi connectivity index (χ2n) is 7.05. The van der Waals surface area contributed by atoms with E-state index in [1.54, 1.807) is 11.3 Å². The van der Waals surface area contributed by atoms with Gasteiger partial charge in [0.25, 0.3) is 0 Å². The molecule has 0 spiro atoms. The van der Waals surface area contributed by atoms with Crippen LogP contribution in [0.5, 0.6) is 0 Å². The molecule has 1 saturated carbocycles. The number of nitrogens with zero attached hydrogens (tertiary/aromatic N) is 7. The molecule has 0 saturated heterocycles. The van der Waals surface area contributed by atoms with Crippen LogP contribution in [-0.2, 0) is 6.54 Å². The lowest BCUT2D eigenvalue weighted by molar-refractivity contribution is 0.387. The number of imidazole rings is 1. The second kappa shape index (κ2) is 7.76. The summed E-state index contributed by atoms with van der Waals surface area (Å²) in [6.45, 7) is 2.51. The molecule has 1 aliphatic rings. The number of nitrogens with two attached hydrogens (primary N) is 1. The van der Waals surface area contributed by atoms with Gasteiger partial charge in [-0.3, -0.25) is 5.01 Å². The molecular weight excluding hydrogens is 316 g/mol. The molecule has 0 aliphatic heterocycles. The predicted octanol–water partition coefficient (Wildman–Crippen LogP) is 1.52. The van der Waals surface area contributed by atoms with E-state index < -0.39 is 0 Å². The molecule has 0 unspecified atom stereocenters. The molecule has 0 radical (unpaired) electrons. The van der Waals surface area contributed by atoms with Gasteiger partial charge in [-0.25, -0.2) is 10.8 Å². The Morgan fingerprint density at radius 1 is 1.32 bits per heavy atom. The first-order chi connectivity index (χ1) is 12.1. The minimum absolute atomic E-state index is 0.138. The normalized spacial score (nSPS) is 15.2. The summed E-state index contributed by atoms with van der Waals surface area (Å²) in [5, 5.41) is 10.9. The molecule has 2 heterocycles. The first kappa shape index (κ1) is 17.6. The minimum atomic E-state index is 0.138. The molecule has 8 heteroatoms. The largest absolute Gasteiger partial charge is 0.315 e. The van der Waals surface area contributed by atoms with Crippen LogP contribution in [0.4, 0.5) is 5.82 Å². The Kier molecular flexibility index (Phi) is 5.46. The molecule has 0 bridgehead atoms. The molecular formula is C17H26N8. The highest BCUT2D eigenvalue weighted by Crippen LogP contribution is 2.28. The number of aromatic nitrogens is 4. The van der Waals surface area contributed by atoms with Crippen molar-refractivity contribution in [2.24, 2.45) is 11.8 Å². The van der Waals surface area contributed by atoms with Crippen LogP contribution in [0.25, 0.3) is 11.2 Å². The van der Waals surface area contributed by atoms with Crippen molar-refractivity contribution >= 4 is 17.0 Å². The summed E-state index contributed by atoms with van der Waals surface area (Å²) in [6.07, 6.45) is 7.68. The van der Waals surface area contributed by atoms with Gasteiger partial charge in [0.15, 0.2) is 17.0 Å². The van der Waals surface area contributed by atoms with E-state index in [2.05, 4.69) is 33.9 Å². The van der Waals surface area contributed by atoms with E-state index in [1.165, 1.54) is 25.7 Å². The number of nitriles is 1. The van der Waals surface area contributed by atoms with Crippen molar-refractivity contribution in [2.75, 3.05) is 32.2 Å². The first-order valence-corrected chi connectivity index (χ1v) is 8.88. The average Bonchev–Trinajstić information content (AvgIpc) is 3.23. The lowest BCUT2D eigenvalue weighted by Gasteiger charge is -2.21. The molecule has 1 fully saturated rings. The van der Waals surface area contributed by atoms with Crippen LogP contribution in [-0.4, -0.2) is 51.6 Å². The Bertz CT molecular complexity index is 754. The van der Waals surface area contributed by atoms with E-state index in [0.717, 1.165) is 26.1 Å². The number of hydrogen-bond acceptors (Lipinski definition) is 7. The molecule has 0 amide bonds. The number of rotatable bonds is 7. The van der Waals surface area contributed by atoms with Gasteiger partial charge < -0.3 is 9.47 Å². The van der Waals surface area contributed by atoms with Crippen molar-refractivity contribution in [2.45, 2.75) is 38.6 Å². The van der Waals surface area contributed by atoms with E-state index in [-0.39, 0.29) is 5.82 Å². The van der Waals surface area contributed by atoms with E-state index in [4.69, 9.17) is 5.84 Å². The van der Waals surface area contributed by atoms with Gasteiger partial charge in [0.1, 0.15) is 6.07 Å². The van der Waals surface area contributed by atoms with Crippen LogP contribution in [0.2, 0.25) is 0 Å². The van der Waals surface area contributed by atoms with Gasteiger partial charge in [-0.15, -0.1) is 0 Å². The van der Waals surface area contributed by atoms with Crippen molar-refractivity contribution in [1.82, 2.24) is 24.4 Å². The number of aryl methyl sites for hydroxylation is 1. The Morgan fingerprint density at radius 2 is 2.08 bits per heavy atom. The van der Waals surface area contributed by atoms with E-state index in [1.807, 2.05) is 10.6 Å². The quantitative estimate of drug-likeness (QED) is 0.601. The van der Waals surface area contributed by atoms with Gasteiger partial charge in [-0.2, -0.15) is 15.2 Å². The molecule has 2 aromatic rings. The van der Waals surface area contributed by atoms with Crippen LogP contribution in [0.3, 0.4) is 0 Å². The maximum atomic E-state index is 9.29. The first-order valence-electron chi connectivity index (χ1n) is 8.88. The van der Waals surface area contributed by atoms with Crippen molar-refractivity contribution in [3.8, 4) is 6.07 Å². The Hall–Kier alpha value is -2.24. The van der Waals surface area contributed by atoms with Gasteiger partial charge in [-0.05, 0) is 45.8 Å². The molecule has 2 aromatic heterocycles. The van der Waals surface area contributed by atoms with Gasteiger partial charge in [0.05, 0.1) is 6.33 Å². The standard InChI is InChI=1S/C17H26N8/c1-23(2)8-5-9-24-12-20-15-16(24)21-14(10-18)22-17(15)25(19)11-13-6-3-4-7-13/h12-13H,3-9,11,19H2,1-2H3. The Labute approximate surface area is 148 Å². The maximum Gasteiger partial charge on any atom is 0.236 e. The van der Waals surface area contributed by atoms with E-state index in [9.17, 15) is 5.26 Å². The van der Waals surface area contributed by atoms with Gasteiger partial charge >= 0.3 is 0 Å². The minimum Gasteiger partial charge on any atom is -0.315 e. The Balaban J connectivity index is 1.86. The third-order valence-electron chi connectivity index (χ3n) is 4.75. The van der Waals surface area contributed by atoms with Crippen molar-refractivity contribution < 1.29 is 0 Å². The summed E-state index contributed by atoms with van der Waals surface area (Å²) in [6, 6.07) is 2.05. The van der Waals surface area contributed by atoms with Crippen LogP contribution < -0.4 is 10.9 Å². The monoisotopic (exact) mass is 342 g/mol. The lowest BCUT2D eigenvalue weighted by atomic mass is 10.1. The maximum absolute atomic E-state index is 9.29. The van der Waals surface area contributed by atoms with Crippen molar-refractivity contribution in [1.29, 1.82) is 5.26 Å². The number of anilines is 1. The fourth-order valence-corrected chi connectivity index (χ4v) is 3.46. The molecule has 0 atom stereocenters. The fraction of sp³-hybridized carbons (Fsp3) is 0.647.